The zero-order valence-corrected chi connectivity index (χ0v) is 9.43. The first kappa shape index (κ1) is 12.8. The third-order valence-electron chi connectivity index (χ3n) is 2.64. The van der Waals surface area contributed by atoms with E-state index in [2.05, 4.69) is 0 Å². The van der Waals surface area contributed by atoms with Crippen molar-refractivity contribution in [3.63, 3.8) is 0 Å². The molecule has 2 amide bonds. The van der Waals surface area contributed by atoms with Gasteiger partial charge in [0, 0.05) is 26.2 Å². The number of aliphatic hydroxyl groups is 1. The van der Waals surface area contributed by atoms with Gasteiger partial charge in [-0.1, -0.05) is 6.92 Å². The van der Waals surface area contributed by atoms with Crippen LogP contribution < -0.4 is 0 Å². The van der Waals surface area contributed by atoms with Gasteiger partial charge in [-0.3, -0.25) is 4.79 Å². The summed E-state index contributed by atoms with van der Waals surface area (Å²) in [6.45, 7) is 3.34. The van der Waals surface area contributed by atoms with Crippen LogP contribution in [0.3, 0.4) is 0 Å². The zero-order valence-electron chi connectivity index (χ0n) is 9.43. The predicted molar refractivity (Wildman–Crippen MR) is 57.0 cm³/mol. The molecule has 2 N–H and O–H groups in total. The van der Waals surface area contributed by atoms with E-state index in [0.717, 1.165) is 6.42 Å². The highest BCUT2D eigenvalue weighted by molar-refractivity contribution is 5.79. The van der Waals surface area contributed by atoms with Crippen LogP contribution in [0.15, 0.2) is 0 Å². The van der Waals surface area contributed by atoms with E-state index in [-0.39, 0.29) is 25.7 Å². The summed E-state index contributed by atoms with van der Waals surface area (Å²) in [7, 11) is 0. The third kappa shape index (κ3) is 2.85. The summed E-state index contributed by atoms with van der Waals surface area (Å²) in [4.78, 5) is 25.5. The standard InChI is InChI=1S/C10H18N2O4/c1-2-3-11(4-5-13)10(16)12-6-8(7-12)9(14)15/h8,13H,2-7H2,1H3,(H,14,15). The lowest BCUT2D eigenvalue weighted by Crippen LogP contribution is -2.57. The molecular formula is C10H18N2O4. The normalized spacial score (nSPS) is 15.8. The summed E-state index contributed by atoms with van der Waals surface area (Å²) in [6.07, 6.45) is 0.821. The second-order valence-electron chi connectivity index (χ2n) is 3.93. The van der Waals surface area contributed by atoms with Crippen molar-refractivity contribution >= 4 is 12.0 Å². The Hall–Kier alpha value is -1.30. The molecule has 0 atom stereocenters. The summed E-state index contributed by atoms with van der Waals surface area (Å²) in [5, 5.41) is 17.5. The molecule has 0 aromatic rings. The minimum absolute atomic E-state index is 0.0675. The van der Waals surface area contributed by atoms with Gasteiger partial charge < -0.3 is 20.0 Å². The average molecular weight is 230 g/mol. The first-order chi connectivity index (χ1) is 7.60. The number of carbonyl (C=O) groups excluding carboxylic acids is 1. The van der Waals surface area contributed by atoms with Crippen LogP contribution >= 0.6 is 0 Å². The topological polar surface area (TPSA) is 81.1 Å². The van der Waals surface area contributed by atoms with E-state index in [1.807, 2.05) is 6.92 Å². The van der Waals surface area contributed by atoms with E-state index in [0.29, 0.717) is 13.1 Å². The number of hydrogen-bond donors (Lipinski definition) is 2. The molecule has 1 aliphatic heterocycles. The molecule has 92 valence electrons. The molecule has 6 heteroatoms. The number of rotatable bonds is 5. The molecule has 0 radical (unpaired) electrons. The van der Waals surface area contributed by atoms with E-state index < -0.39 is 11.9 Å². The van der Waals surface area contributed by atoms with Crippen molar-refractivity contribution in [1.82, 2.24) is 9.80 Å². The highest BCUT2D eigenvalue weighted by Crippen LogP contribution is 2.17. The maximum atomic E-state index is 11.8. The number of carboxylic acids is 1. The number of likely N-dealkylation sites (tertiary alicyclic amines) is 1. The lowest BCUT2D eigenvalue weighted by molar-refractivity contribution is -0.146. The molecule has 1 aliphatic rings. The number of carboxylic acid groups (broad SMARTS) is 1. The van der Waals surface area contributed by atoms with Gasteiger partial charge in [-0.15, -0.1) is 0 Å². The highest BCUT2D eigenvalue weighted by Gasteiger charge is 2.37. The number of hydrogen-bond acceptors (Lipinski definition) is 3. The van der Waals surface area contributed by atoms with Gasteiger partial charge in [-0.05, 0) is 6.42 Å². The lowest BCUT2D eigenvalue weighted by atomic mass is 10.0. The molecule has 0 aliphatic carbocycles. The molecule has 1 fully saturated rings. The van der Waals surface area contributed by atoms with E-state index in [1.54, 1.807) is 4.90 Å². The molecule has 16 heavy (non-hydrogen) atoms. The van der Waals surface area contributed by atoms with Gasteiger partial charge in [0.1, 0.15) is 0 Å². The van der Waals surface area contributed by atoms with E-state index in [4.69, 9.17) is 10.2 Å². The SMILES string of the molecule is CCCN(CCO)C(=O)N1CC(C(=O)O)C1. The van der Waals surface area contributed by atoms with Crippen LogP contribution in [0.1, 0.15) is 13.3 Å². The fourth-order valence-corrected chi connectivity index (χ4v) is 1.68. The van der Waals surface area contributed by atoms with E-state index in [9.17, 15) is 9.59 Å². The quantitative estimate of drug-likeness (QED) is 0.687. The first-order valence-corrected chi connectivity index (χ1v) is 5.47. The lowest BCUT2D eigenvalue weighted by Gasteiger charge is -2.39. The second-order valence-corrected chi connectivity index (χ2v) is 3.93. The van der Waals surface area contributed by atoms with Crippen molar-refractivity contribution < 1.29 is 19.8 Å². The maximum absolute atomic E-state index is 11.8. The molecule has 0 aromatic carbocycles. The van der Waals surface area contributed by atoms with Crippen LogP contribution in [0.25, 0.3) is 0 Å². The Morgan fingerprint density at radius 1 is 1.38 bits per heavy atom. The largest absolute Gasteiger partial charge is 0.481 e. The Bertz CT molecular complexity index is 258. The summed E-state index contributed by atoms with van der Waals surface area (Å²) < 4.78 is 0. The van der Waals surface area contributed by atoms with E-state index >= 15 is 0 Å². The molecular weight excluding hydrogens is 212 g/mol. The van der Waals surface area contributed by atoms with Crippen LogP contribution in [0.5, 0.6) is 0 Å². The molecule has 0 bridgehead atoms. The van der Waals surface area contributed by atoms with Crippen LogP contribution in [0.4, 0.5) is 4.79 Å². The zero-order chi connectivity index (χ0) is 12.1. The van der Waals surface area contributed by atoms with Crippen LogP contribution in [0.2, 0.25) is 0 Å². The van der Waals surface area contributed by atoms with Crippen LogP contribution in [0, 0.1) is 5.92 Å². The fraction of sp³-hybridized carbons (Fsp3) is 0.800. The van der Waals surface area contributed by atoms with Crippen LogP contribution in [-0.4, -0.2) is 64.8 Å². The molecule has 0 aromatic heterocycles. The average Bonchev–Trinajstić information content (AvgIpc) is 2.14. The Balaban J connectivity index is 2.41. The molecule has 0 unspecified atom stereocenters. The van der Waals surface area contributed by atoms with Crippen molar-refractivity contribution in [3.05, 3.63) is 0 Å². The number of carbonyl (C=O) groups is 2. The Kier molecular flexibility index (Phi) is 4.54. The van der Waals surface area contributed by atoms with Gasteiger partial charge in [0.15, 0.2) is 0 Å². The number of amides is 2. The monoisotopic (exact) mass is 230 g/mol. The predicted octanol–water partition coefficient (Wildman–Crippen LogP) is -0.173. The van der Waals surface area contributed by atoms with Gasteiger partial charge >= 0.3 is 12.0 Å². The number of aliphatic carboxylic acids is 1. The number of urea groups is 1. The Morgan fingerprint density at radius 3 is 2.44 bits per heavy atom. The van der Waals surface area contributed by atoms with Crippen molar-refractivity contribution in [2.24, 2.45) is 5.92 Å². The summed E-state index contributed by atoms with van der Waals surface area (Å²) in [5.41, 5.74) is 0. The minimum atomic E-state index is -0.853. The molecule has 0 spiro atoms. The van der Waals surface area contributed by atoms with Crippen molar-refractivity contribution in [2.45, 2.75) is 13.3 Å². The fourth-order valence-electron chi connectivity index (χ4n) is 1.68. The summed E-state index contributed by atoms with van der Waals surface area (Å²) >= 11 is 0. The number of aliphatic hydroxyl groups excluding tert-OH is 1. The van der Waals surface area contributed by atoms with E-state index in [1.165, 1.54) is 4.90 Å². The van der Waals surface area contributed by atoms with Crippen molar-refractivity contribution in [3.8, 4) is 0 Å². The van der Waals surface area contributed by atoms with Crippen LogP contribution in [-0.2, 0) is 4.79 Å². The van der Waals surface area contributed by atoms with Crippen molar-refractivity contribution in [2.75, 3.05) is 32.8 Å². The second kappa shape index (κ2) is 5.69. The molecule has 6 nitrogen and oxygen atoms in total. The highest BCUT2D eigenvalue weighted by atomic mass is 16.4. The molecule has 1 saturated heterocycles. The maximum Gasteiger partial charge on any atom is 0.320 e. The smallest absolute Gasteiger partial charge is 0.320 e. The van der Waals surface area contributed by atoms with Gasteiger partial charge in [0.05, 0.1) is 12.5 Å². The molecule has 1 rings (SSSR count). The Morgan fingerprint density at radius 2 is 2.00 bits per heavy atom. The summed E-state index contributed by atoms with van der Waals surface area (Å²) in [5.74, 6) is -1.28. The van der Waals surface area contributed by atoms with Gasteiger partial charge in [0.25, 0.3) is 0 Å². The minimum Gasteiger partial charge on any atom is -0.481 e. The summed E-state index contributed by atoms with van der Waals surface area (Å²) in [6, 6.07) is -0.173. The van der Waals surface area contributed by atoms with Crippen molar-refractivity contribution in [1.29, 1.82) is 0 Å². The molecule has 0 saturated carbocycles. The van der Waals surface area contributed by atoms with Gasteiger partial charge in [-0.2, -0.15) is 0 Å². The van der Waals surface area contributed by atoms with Gasteiger partial charge in [0.2, 0.25) is 0 Å². The van der Waals surface area contributed by atoms with Gasteiger partial charge in [-0.25, -0.2) is 4.79 Å². The first-order valence-electron chi connectivity index (χ1n) is 5.47. The molecule has 1 heterocycles. The number of nitrogens with zero attached hydrogens (tertiary/aromatic N) is 2. The Labute approximate surface area is 94.4 Å². The third-order valence-corrected chi connectivity index (χ3v) is 2.64.